The summed E-state index contributed by atoms with van der Waals surface area (Å²) in [5.74, 6) is 1.06. The lowest BCUT2D eigenvalue weighted by atomic mass is 9.99. The van der Waals surface area contributed by atoms with Gasteiger partial charge in [-0.3, -0.25) is 9.59 Å². The number of benzene rings is 2. The highest BCUT2D eigenvalue weighted by Crippen LogP contribution is 2.26. The number of hydrogen-bond acceptors (Lipinski definition) is 6. The quantitative estimate of drug-likeness (QED) is 0.358. The molecule has 0 spiro atoms. The molecule has 0 saturated carbocycles. The molecule has 1 amide bonds. The van der Waals surface area contributed by atoms with E-state index in [4.69, 9.17) is 4.98 Å². The van der Waals surface area contributed by atoms with Crippen LogP contribution in [0.3, 0.4) is 0 Å². The molecule has 2 aromatic carbocycles. The lowest BCUT2D eigenvalue weighted by molar-refractivity contribution is 0.0729. The van der Waals surface area contributed by atoms with Crippen LogP contribution < -0.4 is 10.7 Å². The van der Waals surface area contributed by atoms with Crippen molar-refractivity contribution >= 4 is 28.3 Å². The fourth-order valence-electron chi connectivity index (χ4n) is 4.94. The van der Waals surface area contributed by atoms with Gasteiger partial charge in [-0.2, -0.15) is 0 Å². The van der Waals surface area contributed by atoms with Crippen molar-refractivity contribution in [2.45, 2.75) is 32.9 Å². The fourth-order valence-corrected chi connectivity index (χ4v) is 4.94. The number of pyridine rings is 2. The Bertz CT molecular complexity index is 1720. The van der Waals surface area contributed by atoms with Crippen molar-refractivity contribution in [1.29, 1.82) is 0 Å². The van der Waals surface area contributed by atoms with E-state index in [0.717, 1.165) is 12.0 Å². The van der Waals surface area contributed by atoms with Gasteiger partial charge < -0.3 is 19.8 Å². The lowest BCUT2D eigenvalue weighted by Gasteiger charge is -2.28. The molecular formula is C29H27N7O2. The van der Waals surface area contributed by atoms with Crippen molar-refractivity contribution in [3.8, 4) is 11.5 Å². The average molecular weight is 506 g/mol. The first-order chi connectivity index (χ1) is 18.5. The molecule has 5 aromatic rings. The standard InChI is InChI=1S/C29H27N7O2/c1-18(2)36-17-30-34-28(36)23-11-6-12-26(33-23)32-22-10-5-9-21-27(22)25(37)15-24(31-21)29(38)35-14-13-19-7-3-4-8-20(19)16-35/h3-12,15,17-18H,13-14,16H2,1-2H3,(H,31,37)(H,32,33). The Morgan fingerprint density at radius 2 is 1.84 bits per heavy atom. The molecule has 0 unspecified atom stereocenters. The minimum absolute atomic E-state index is 0.180. The van der Waals surface area contributed by atoms with Gasteiger partial charge in [0.1, 0.15) is 23.5 Å². The summed E-state index contributed by atoms with van der Waals surface area (Å²) in [7, 11) is 0. The van der Waals surface area contributed by atoms with Gasteiger partial charge in [0.25, 0.3) is 5.91 Å². The van der Waals surface area contributed by atoms with E-state index in [0.29, 0.717) is 47.0 Å². The molecule has 3 aromatic heterocycles. The molecule has 0 bridgehead atoms. The Hall–Kier alpha value is -4.79. The highest BCUT2D eigenvalue weighted by Gasteiger charge is 2.23. The maximum atomic E-state index is 13.3. The minimum atomic E-state index is -0.238. The number of hydrogen-bond donors (Lipinski definition) is 2. The van der Waals surface area contributed by atoms with Gasteiger partial charge in [-0.05, 0) is 55.7 Å². The third kappa shape index (κ3) is 4.32. The van der Waals surface area contributed by atoms with Gasteiger partial charge in [0.2, 0.25) is 0 Å². The van der Waals surface area contributed by atoms with Gasteiger partial charge in [-0.1, -0.05) is 36.4 Å². The van der Waals surface area contributed by atoms with Crippen LogP contribution in [0.25, 0.3) is 22.4 Å². The summed E-state index contributed by atoms with van der Waals surface area (Å²) in [6, 6.07) is 20.8. The van der Waals surface area contributed by atoms with Crippen LogP contribution in [0.1, 0.15) is 41.5 Å². The number of H-pyrrole nitrogens is 1. The Morgan fingerprint density at radius 1 is 1.03 bits per heavy atom. The highest BCUT2D eigenvalue weighted by molar-refractivity contribution is 5.98. The summed E-state index contributed by atoms with van der Waals surface area (Å²) in [6.45, 7) is 5.26. The number of carbonyl (C=O) groups excluding carboxylic acids is 1. The van der Waals surface area contributed by atoms with Gasteiger partial charge in [0.05, 0.1) is 16.6 Å². The summed E-state index contributed by atoms with van der Waals surface area (Å²) < 4.78 is 1.95. The fraction of sp³-hybridized carbons (Fsp3) is 0.207. The molecule has 6 rings (SSSR count). The average Bonchev–Trinajstić information content (AvgIpc) is 3.43. The van der Waals surface area contributed by atoms with E-state index in [1.165, 1.54) is 11.6 Å². The second-order valence-corrected chi connectivity index (χ2v) is 9.71. The molecule has 4 heterocycles. The molecule has 9 heteroatoms. The van der Waals surface area contributed by atoms with Crippen molar-refractivity contribution in [2.24, 2.45) is 0 Å². The molecular weight excluding hydrogens is 478 g/mol. The van der Waals surface area contributed by atoms with Gasteiger partial charge in [-0.25, -0.2) is 4.98 Å². The first-order valence-electron chi connectivity index (χ1n) is 12.6. The third-order valence-corrected chi connectivity index (χ3v) is 6.87. The van der Waals surface area contributed by atoms with E-state index in [-0.39, 0.29) is 23.1 Å². The smallest absolute Gasteiger partial charge is 0.270 e. The first kappa shape index (κ1) is 23.6. The molecule has 2 N–H and O–H groups in total. The zero-order valence-corrected chi connectivity index (χ0v) is 21.2. The maximum Gasteiger partial charge on any atom is 0.270 e. The predicted molar refractivity (Wildman–Crippen MR) is 146 cm³/mol. The van der Waals surface area contributed by atoms with Crippen molar-refractivity contribution in [3.63, 3.8) is 0 Å². The van der Waals surface area contributed by atoms with Crippen LogP contribution in [0.2, 0.25) is 0 Å². The second-order valence-electron chi connectivity index (χ2n) is 9.71. The molecule has 0 atom stereocenters. The van der Waals surface area contributed by atoms with Gasteiger partial charge in [-0.15, -0.1) is 10.2 Å². The Kier molecular flexibility index (Phi) is 5.95. The second kappa shape index (κ2) is 9.59. The van der Waals surface area contributed by atoms with Crippen LogP contribution in [0.4, 0.5) is 11.5 Å². The van der Waals surface area contributed by atoms with Crippen LogP contribution in [0.5, 0.6) is 0 Å². The van der Waals surface area contributed by atoms with E-state index in [9.17, 15) is 9.59 Å². The number of fused-ring (bicyclic) bond motifs is 2. The number of anilines is 2. The number of nitrogens with one attached hydrogen (secondary N) is 2. The predicted octanol–water partition coefficient (Wildman–Crippen LogP) is 4.70. The lowest BCUT2D eigenvalue weighted by Crippen LogP contribution is -2.36. The number of aromatic nitrogens is 5. The van der Waals surface area contributed by atoms with Crippen LogP contribution in [0, 0.1) is 0 Å². The van der Waals surface area contributed by atoms with Gasteiger partial charge >= 0.3 is 0 Å². The molecule has 0 saturated heterocycles. The number of aromatic amines is 1. The molecule has 0 radical (unpaired) electrons. The number of amides is 1. The molecule has 190 valence electrons. The number of nitrogens with zero attached hydrogens (tertiary/aromatic N) is 5. The summed E-state index contributed by atoms with van der Waals surface area (Å²) in [4.78, 5) is 36.3. The van der Waals surface area contributed by atoms with Crippen LogP contribution in [-0.4, -0.2) is 42.1 Å². The van der Waals surface area contributed by atoms with Crippen molar-refractivity contribution < 1.29 is 4.79 Å². The van der Waals surface area contributed by atoms with E-state index in [1.807, 2.05) is 53.1 Å². The van der Waals surface area contributed by atoms with Crippen LogP contribution >= 0.6 is 0 Å². The zero-order valence-electron chi connectivity index (χ0n) is 21.2. The van der Waals surface area contributed by atoms with E-state index in [2.05, 4.69) is 40.4 Å². The summed E-state index contributed by atoms with van der Waals surface area (Å²) in [5.41, 5.74) is 4.31. The summed E-state index contributed by atoms with van der Waals surface area (Å²) in [6.07, 6.45) is 2.49. The van der Waals surface area contributed by atoms with E-state index in [1.54, 1.807) is 17.3 Å². The normalized spacial score (nSPS) is 13.1. The summed E-state index contributed by atoms with van der Waals surface area (Å²) in [5, 5.41) is 12.0. The molecule has 9 nitrogen and oxygen atoms in total. The zero-order chi connectivity index (χ0) is 26.2. The highest BCUT2D eigenvalue weighted by atomic mass is 16.2. The van der Waals surface area contributed by atoms with Crippen molar-refractivity contribution in [1.82, 2.24) is 29.6 Å². The Morgan fingerprint density at radius 3 is 2.68 bits per heavy atom. The summed E-state index contributed by atoms with van der Waals surface area (Å²) >= 11 is 0. The number of carbonyl (C=O) groups is 1. The molecule has 1 aliphatic rings. The SMILES string of the molecule is CC(C)n1cnnc1-c1cccc(Nc2cccc3[nH]c(C(=O)N4CCc5ccccc5C4)cc(=O)c23)n1. The van der Waals surface area contributed by atoms with Gasteiger partial charge in [0.15, 0.2) is 11.3 Å². The van der Waals surface area contributed by atoms with Crippen LogP contribution in [-0.2, 0) is 13.0 Å². The van der Waals surface area contributed by atoms with E-state index >= 15 is 0 Å². The van der Waals surface area contributed by atoms with Crippen molar-refractivity contribution in [2.75, 3.05) is 11.9 Å². The van der Waals surface area contributed by atoms with E-state index < -0.39 is 0 Å². The minimum Gasteiger partial charge on any atom is -0.350 e. The number of rotatable bonds is 5. The molecule has 0 aliphatic carbocycles. The Balaban J connectivity index is 1.30. The maximum absolute atomic E-state index is 13.3. The third-order valence-electron chi connectivity index (χ3n) is 6.87. The topological polar surface area (TPSA) is 109 Å². The monoisotopic (exact) mass is 505 g/mol. The Labute approximate surface area is 219 Å². The van der Waals surface area contributed by atoms with Crippen molar-refractivity contribution in [3.05, 3.63) is 100 Å². The van der Waals surface area contributed by atoms with Gasteiger partial charge in [0, 0.05) is 25.2 Å². The largest absolute Gasteiger partial charge is 0.350 e. The molecule has 38 heavy (non-hydrogen) atoms. The molecule has 0 fully saturated rings. The first-order valence-corrected chi connectivity index (χ1v) is 12.6. The molecule has 1 aliphatic heterocycles. The van der Waals surface area contributed by atoms with Crippen LogP contribution in [0.15, 0.2) is 77.9 Å².